The zero-order valence-electron chi connectivity index (χ0n) is 17.2. The van der Waals surface area contributed by atoms with E-state index in [9.17, 15) is 0 Å². The van der Waals surface area contributed by atoms with Crippen LogP contribution in [0.2, 0.25) is 0 Å². The number of rotatable bonds is 3. The number of aromatic nitrogens is 6. The van der Waals surface area contributed by atoms with Crippen LogP contribution in [0.4, 0.5) is 4.39 Å². The molecule has 4 atom stereocenters. The topological polar surface area (TPSA) is 79.4 Å². The molecule has 2 fully saturated rings. The Morgan fingerprint density at radius 3 is 2.90 bits per heavy atom. The molecule has 1 aliphatic carbocycles. The van der Waals surface area contributed by atoms with Gasteiger partial charge in [0, 0.05) is 24.2 Å². The number of halogens is 1. The number of aryl methyl sites for hydroxylation is 2. The van der Waals surface area contributed by atoms with Gasteiger partial charge in [0.05, 0.1) is 30.3 Å². The summed E-state index contributed by atoms with van der Waals surface area (Å²) >= 11 is 0. The number of hydrogen-bond acceptors (Lipinski definition) is 6. The number of imidazole rings is 1. The van der Waals surface area contributed by atoms with Crippen LogP contribution in [-0.4, -0.2) is 48.5 Å². The molecule has 8 nitrogen and oxygen atoms in total. The van der Waals surface area contributed by atoms with Gasteiger partial charge < -0.3 is 9.47 Å². The Bertz CT molecular complexity index is 1160. The summed E-state index contributed by atoms with van der Waals surface area (Å²) in [4.78, 5) is 13.8. The molecule has 3 aliphatic rings. The maximum absolute atomic E-state index is 15.4. The summed E-state index contributed by atoms with van der Waals surface area (Å²) in [5.41, 5.74) is 2.23. The van der Waals surface area contributed by atoms with E-state index < -0.39 is 5.60 Å². The molecule has 9 heteroatoms. The van der Waals surface area contributed by atoms with Gasteiger partial charge in [-0.25, -0.2) is 14.5 Å². The Balaban J connectivity index is 1.38. The van der Waals surface area contributed by atoms with Crippen LogP contribution in [0.3, 0.4) is 0 Å². The summed E-state index contributed by atoms with van der Waals surface area (Å²) in [5.74, 6) is 0.997. The Morgan fingerprint density at radius 1 is 1.23 bits per heavy atom. The quantitative estimate of drug-likeness (QED) is 0.661. The molecule has 0 aromatic carbocycles. The normalized spacial score (nSPS) is 29.8. The van der Waals surface area contributed by atoms with Gasteiger partial charge in [-0.3, -0.25) is 9.55 Å². The molecule has 0 radical (unpaired) electrons. The minimum atomic E-state index is -0.738. The van der Waals surface area contributed by atoms with Gasteiger partial charge in [-0.05, 0) is 32.8 Å². The Hall–Kier alpha value is -2.65. The third-order valence-corrected chi connectivity index (χ3v) is 6.59. The van der Waals surface area contributed by atoms with E-state index in [1.54, 1.807) is 12.4 Å². The Morgan fingerprint density at radius 2 is 2.10 bits per heavy atom. The zero-order chi connectivity index (χ0) is 20.6. The first-order chi connectivity index (χ1) is 14.5. The molecule has 0 N–H and O–H groups in total. The smallest absolute Gasteiger partial charge is 0.221 e. The summed E-state index contributed by atoms with van der Waals surface area (Å²) in [7, 11) is 0. The molecule has 0 bridgehead atoms. The van der Waals surface area contributed by atoms with Gasteiger partial charge in [0.15, 0.2) is 22.9 Å². The van der Waals surface area contributed by atoms with E-state index in [0.29, 0.717) is 31.2 Å². The van der Waals surface area contributed by atoms with Gasteiger partial charge in [0.1, 0.15) is 6.10 Å². The van der Waals surface area contributed by atoms with Gasteiger partial charge in [-0.2, -0.15) is 9.49 Å². The molecule has 5 heterocycles. The van der Waals surface area contributed by atoms with Crippen LogP contribution in [0.1, 0.15) is 60.3 Å². The molecule has 0 spiro atoms. The molecule has 3 aromatic rings. The highest BCUT2D eigenvalue weighted by Gasteiger charge is 2.52. The maximum Gasteiger partial charge on any atom is 0.221 e. The third-order valence-electron chi connectivity index (χ3n) is 6.59. The molecular formula is C21H23FN6O2. The SMILES string of the molecule is CCC12OCCOC1C=Cn1c2nc(C2CC2c2nc3c(C)ncc(C)n3n2)c1F. The van der Waals surface area contributed by atoms with E-state index >= 15 is 4.39 Å². The molecule has 1 saturated carbocycles. The first-order valence-electron chi connectivity index (χ1n) is 10.4. The van der Waals surface area contributed by atoms with Crippen LogP contribution in [0, 0.1) is 19.8 Å². The molecule has 4 unspecified atom stereocenters. The van der Waals surface area contributed by atoms with E-state index in [4.69, 9.17) is 19.4 Å². The number of fused-ring (bicyclic) bond motifs is 4. The standard InChI is InChI=1S/C21H23FN6O2/c1-4-21-15(29-7-8-30-21)5-6-27-17(22)16(24-20(21)27)13-9-14(13)18-25-19-12(3)23-10-11(2)28(19)26-18/h5-6,10,13-15H,4,7-9H2,1-3H3. The van der Waals surface area contributed by atoms with Crippen molar-refractivity contribution in [1.29, 1.82) is 0 Å². The van der Waals surface area contributed by atoms with Crippen LogP contribution >= 0.6 is 0 Å². The number of ether oxygens (including phenoxy) is 2. The summed E-state index contributed by atoms with van der Waals surface area (Å²) in [5, 5.41) is 4.67. The van der Waals surface area contributed by atoms with Crippen LogP contribution < -0.4 is 0 Å². The average Bonchev–Trinajstić information content (AvgIpc) is 3.28. The Kier molecular flexibility index (Phi) is 3.74. The van der Waals surface area contributed by atoms with E-state index in [-0.39, 0.29) is 23.9 Å². The first-order valence-corrected chi connectivity index (χ1v) is 10.4. The van der Waals surface area contributed by atoms with E-state index in [1.807, 2.05) is 31.4 Å². The van der Waals surface area contributed by atoms with Crippen molar-refractivity contribution in [3.63, 3.8) is 0 Å². The molecule has 2 aliphatic heterocycles. The summed E-state index contributed by atoms with van der Waals surface area (Å²) in [6.07, 6.45) is 6.56. The van der Waals surface area contributed by atoms with Crippen molar-refractivity contribution in [3.8, 4) is 0 Å². The highest BCUT2D eigenvalue weighted by Crippen LogP contribution is 2.55. The predicted octanol–water partition coefficient (Wildman–Crippen LogP) is 2.85. The second-order valence-corrected chi connectivity index (χ2v) is 8.34. The predicted molar refractivity (Wildman–Crippen MR) is 106 cm³/mol. The highest BCUT2D eigenvalue weighted by atomic mass is 19.1. The largest absolute Gasteiger partial charge is 0.368 e. The second-order valence-electron chi connectivity index (χ2n) is 8.34. The van der Waals surface area contributed by atoms with Crippen LogP contribution in [0.15, 0.2) is 12.3 Å². The van der Waals surface area contributed by atoms with Crippen molar-refractivity contribution in [2.24, 2.45) is 0 Å². The molecule has 0 amide bonds. The number of hydrogen-bond donors (Lipinski definition) is 0. The minimum absolute atomic E-state index is 0.0423. The van der Waals surface area contributed by atoms with Crippen molar-refractivity contribution in [3.05, 3.63) is 47.0 Å². The zero-order valence-corrected chi connectivity index (χ0v) is 17.2. The molecule has 6 rings (SSSR count). The van der Waals surface area contributed by atoms with Gasteiger partial charge in [0.2, 0.25) is 5.95 Å². The van der Waals surface area contributed by atoms with Crippen molar-refractivity contribution < 1.29 is 13.9 Å². The first kappa shape index (κ1) is 18.1. The van der Waals surface area contributed by atoms with E-state index in [0.717, 1.165) is 29.3 Å². The van der Waals surface area contributed by atoms with E-state index in [2.05, 4.69) is 10.1 Å². The molecule has 156 valence electrons. The summed E-state index contributed by atoms with van der Waals surface area (Å²) in [6, 6.07) is 0. The average molecular weight is 410 g/mol. The fraction of sp³-hybridized carbons (Fsp3) is 0.524. The fourth-order valence-electron chi connectivity index (χ4n) is 4.80. The lowest BCUT2D eigenvalue weighted by Gasteiger charge is -2.42. The lowest BCUT2D eigenvalue weighted by atomic mass is 9.89. The van der Waals surface area contributed by atoms with Crippen molar-refractivity contribution in [1.82, 2.24) is 29.1 Å². The monoisotopic (exact) mass is 410 g/mol. The van der Waals surface area contributed by atoms with Gasteiger partial charge in [-0.15, -0.1) is 0 Å². The van der Waals surface area contributed by atoms with Gasteiger partial charge in [-0.1, -0.05) is 6.92 Å². The third kappa shape index (κ3) is 2.33. The van der Waals surface area contributed by atoms with Gasteiger partial charge in [0.25, 0.3) is 0 Å². The molecular weight excluding hydrogens is 387 g/mol. The Labute approximate surface area is 172 Å². The van der Waals surface area contributed by atoms with E-state index in [1.165, 1.54) is 4.57 Å². The maximum atomic E-state index is 15.4. The highest BCUT2D eigenvalue weighted by molar-refractivity contribution is 5.45. The van der Waals surface area contributed by atoms with Crippen molar-refractivity contribution in [2.75, 3.05) is 13.2 Å². The lowest BCUT2D eigenvalue weighted by Crippen LogP contribution is -2.50. The van der Waals surface area contributed by atoms with Crippen LogP contribution in [-0.2, 0) is 15.1 Å². The lowest BCUT2D eigenvalue weighted by molar-refractivity contribution is -0.200. The van der Waals surface area contributed by atoms with Gasteiger partial charge >= 0.3 is 0 Å². The summed E-state index contributed by atoms with van der Waals surface area (Å²) in [6.45, 7) is 6.90. The second kappa shape index (κ2) is 6.18. The molecule has 1 saturated heterocycles. The minimum Gasteiger partial charge on any atom is -0.368 e. The fourth-order valence-corrected chi connectivity index (χ4v) is 4.80. The number of nitrogens with zero attached hydrogens (tertiary/aromatic N) is 6. The van der Waals surface area contributed by atoms with Crippen LogP contribution in [0.25, 0.3) is 11.8 Å². The molecule has 3 aromatic heterocycles. The molecule has 30 heavy (non-hydrogen) atoms. The van der Waals surface area contributed by atoms with Crippen molar-refractivity contribution >= 4 is 11.8 Å². The summed E-state index contributed by atoms with van der Waals surface area (Å²) < 4.78 is 30.7. The van der Waals surface area contributed by atoms with Crippen LogP contribution in [0.5, 0.6) is 0 Å². The van der Waals surface area contributed by atoms with Crippen molar-refractivity contribution in [2.45, 2.75) is 57.2 Å².